The molecule has 0 aliphatic rings. The Morgan fingerprint density at radius 3 is 2.21 bits per heavy atom. The van der Waals surface area contributed by atoms with Crippen LogP contribution in [0.5, 0.6) is 5.75 Å². The first-order valence-electron chi connectivity index (χ1n) is 9.31. The lowest BCUT2D eigenvalue weighted by Gasteiger charge is -2.11. The van der Waals surface area contributed by atoms with Crippen molar-refractivity contribution in [2.24, 2.45) is 0 Å². The number of hydrogen-bond donors (Lipinski definition) is 2. The Balaban J connectivity index is 0.000000286. The number of nitrogens with two attached hydrogens (primary N) is 1. The Labute approximate surface area is 202 Å². The van der Waals surface area contributed by atoms with Crippen LogP contribution in [0.4, 0.5) is 14.9 Å². The largest absolute Gasteiger partial charge is 0.497 e. The number of fused-ring (bicyclic) bond motifs is 1. The molecule has 0 aliphatic heterocycles. The van der Waals surface area contributed by atoms with Gasteiger partial charge in [0.15, 0.2) is 0 Å². The Kier molecular flexibility index (Phi) is 7.53. The number of ether oxygens (including phenoxy) is 1. The number of carboxylic acid groups (broad SMARTS) is 1. The first-order chi connectivity index (χ1) is 15.6. The smallest absolute Gasteiger partial charge is 0.434 e. The quantitative estimate of drug-likeness (QED) is 0.340. The SMILES string of the molecule is COc1ccc2c(c1)c(=O)n(C(=O)O)n2Cc1c(F)cccc1Cl.Nc1c(Cl)cccc1Cl. The summed E-state index contributed by atoms with van der Waals surface area (Å²) in [6.45, 7) is -0.205. The summed E-state index contributed by atoms with van der Waals surface area (Å²) in [5.74, 6) is -0.166. The lowest BCUT2D eigenvalue weighted by atomic mass is 10.2. The second-order valence-corrected chi connectivity index (χ2v) is 7.90. The molecule has 0 fully saturated rings. The van der Waals surface area contributed by atoms with Gasteiger partial charge < -0.3 is 15.6 Å². The van der Waals surface area contributed by atoms with Crippen molar-refractivity contribution in [2.45, 2.75) is 6.54 Å². The van der Waals surface area contributed by atoms with Crippen molar-refractivity contribution in [2.75, 3.05) is 12.8 Å². The summed E-state index contributed by atoms with van der Waals surface area (Å²) in [5.41, 5.74) is 5.57. The predicted octanol–water partition coefficient (Wildman–Crippen LogP) is 5.75. The normalized spacial score (nSPS) is 10.6. The monoisotopic (exact) mass is 511 g/mol. The molecule has 1 aromatic heterocycles. The van der Waals surface area contributed by atoms with Crippen LogP contribution in [0.2, 0.25) is 15.1 Å². The van der Waals surface area contributed by atoms with Crippen molar-refractivity contribution in [3.05, 3.63) is 91.4 Å². The van der Waals surface area contributed by atoms with Gasteiger partial charge in [-0.3, -0.25) is 9.48 Å². The van der Waals surface area contributed by atoms with Gasteiger partial charge in [-0.15, -0.1) is 4.68 Å². The molecule has 0 unspecified atom stereocenters. The molecule has 0 saturated carbocycles. The predicted molar refractivity (Wildman–Crippen MR) is 128 cm³/mol. The molecule has 0 atom stereocenters. The second-order valence-electron chi connectivity index (χ2n) is 6.68. The highest BCUT2D eigenvalue weighted by Crippen LogP contribution is 2.26. The number of anilines is 1. The Bertz CT molecular complexity index is 1360. The number of rotatable bonds is 3. The number of carbonyl (C=O) groups is 1. The van der Waals surface area contributed by atoms with Crippen LogP contribution >= 0.6 is 34.8 Å². The van der Waals surface area contributed by atoms with Crippen molar-refractivity contribution in [1.82, 2.24) is 9.36 Å². The van der Waals surface area contributed by atoms with Crippen LogP contribution < -0.4 is 16.0 Å². The minimum Gasteiger partial charge on any atom is -0.497 e. The van der Waals surface area contributed by atoms with E-state index in [1.54, 1.807) is 30.3 Å². The zero-order valence-corrected chi connectivity index (χ0v) is 19.3. The number of nitrogens with zero attached hydrogens (tertiary/aromatic N) is 2. The van der Waals surface area contributed by atoms with Crippen molar-refractivity contribution >= 4 is 57.5 Å². The fraction of sp³-hybridized carbons (Fsp3) is 0.0909. The highest BCUT2D eigenvalue weighted by Gasteiger charge is 2.20. The highest BCUT2D eigenvalue weighted by atomic mass is 35.5. The van der Waals surface area contributed by atoms with E-state index in [1.807, 2.05) is 0 Å². The van der Waals surface area contributed by atoms with Gasteiger partial charge in [0.05, 0.1) is 40.3 Å². The number of methoxy groups -OCH3 is 1. The van der Waals surface area contributed by atoms with E-state index in [4.69, 9.17) is 45.3 Å². The number of nitrogen functional groups attached to an aromatic ring is 1. The number of benzene rings is 3. The first kappa shape index (κ1) is 24.4. The van der Waals surface area contributed by atoms with E-state index >= 15 is 0 Å². The van der Waals surface area contributed by atoms with Crippen LogP contribution in [0.1, 0.15) is 5.56 Å². The molecule has 3 N–H and O–H groups in total. The summed E-state index contributed by atoms with van der Waals surface area (Å²) in [5, 5.41) is 10.7. The molecule has 0 aliphatic carbocycles. The van der Waals surface area contributed by atoms with Gasteiger partial charge in [0.2, 0.25) is 0 Å². The van der Waals surface area contributed by atoms with Gasteiger partial charge in [-0.25, -0.2) is 9.18 Å². The molecule has 4 aromatic rings. The van der Waals surface area contributed by atoms with E-state index in [2.05, 4.69) is 0 Å². The van der Waals surface area contributed by atoms with Crippen LogP contribution in [0.3, 0.4) is 0 Å². The molecule has 33 heavy (non-hydrogen) atoms. The van der Waals surface area contributed by atoms with Crippen molar-refractivity contribution in [3.63, 3.8) is 0 Å². The lowest BCUT2D eigenvalue weighted by molar-refractivity contribution is 0.187. The van der Waals surface area contributed by atoms with Gasteiger partial charge in [-0.2, -0.15) is 0 Å². The first-order valence-corrected chi connectivity index (χ1v) is 10.4. The van der Waals surface area contributed by atoms with Crippen LogP contribution in [0.25, 0.3) is 10.9 Å². The van der Waals surface area contributed by atoms with E-state index < -0.39 is 17.5 Å². The van der Waals surface area contributed by atoms with Crippen molar-refractivity contribution in [3.8, 4) is 5.75 Å². The summed E-state index contributed by atoms with van der Waals surface area (Å²) >= 11 is 17.2. The zero-order chi connectivity index (χ0) is 24.3. The molecule has 0 bridgehead atoms. The molecule has 7 nitrogen and oxygen atoms in total. The molecular weight excluding hydrogens is 496 g/mol. The molecule has 0 spiro atoms. The number of halogens is 4. The van der Waals surface area contributed by atoms with Crippen molar-refractivity contribution < 1.29 is 19.0 Å². The van der Waals surface area contributed by atoms with Crippen LogP contribution in [0.15, 0.2) is 59.4 Å². The third-order valence-corrected chi connectivity index (χ3v) is 5.71. The maximum absolute atomic E-state index is 14.0. The molecule has 4 rings (SSSR count). The summed E-state index contributed by atoms with van der Waals surface area (Å²) in [7, 11) is 1.44. The average Bonchev–Trinajstić information content (AvgIpc) is 3.06. The zero-order valence-electron chi connectivity index (χ0n) is 17.1. The minimum atomic E-state index is -1.47. The van der Waals surface area contributed by atoms with Gasteiger partial charge >= 0.3 is 6.09 Å². The maximum atomic E-state index is 14.0. The van der Waals surface area contributed by atoms with Gasteiger partial charge in [0.1, 0.15) is 11.6 Å². The molecule has 11 heteroatoms. The van der Waals surface area contributed by atoms with E-state index in [9.17, 15) is 19.1 Å². The van der Waals surface area contributed by atoms with Gasteiger partial charge in [0.25, 0.3) is 5.56 Å². The second kappa shape index (κ2) is 10.2. The van der Waals surface area contributed by atoms with E-state index in [1.165, 1.54) is 36.1 Å². The lowest BCUT2D eigenvalue weighted by Crippen LogP contribution is -2.29. The Hall–Kier alpha value is -3.20. The molecule has 0 amide bonds. The fourth-order valence-electron chi connectivity index (χ4n) is 3.06. The summed E-state index contributed by atoms with van der Waals surface area (Å²) in [4.78, 5) is 23.9. The topological polar surface area (TPSA) is 99.5 Å². The fourth-order valence-corrected chi connectivity index (χ4v) is 3.68. The van der Waals surface area contributed by atoms with E-state index in [0.29, 0.717) is 31.7 Å². The van der Waals surface area contributed by atoms with Crippen LogP contribution in [-0.4, -0.2) is 27.7 Å². The number of para-hydroxylation sites is 1. The van der Waals surface area contributed by atoms with E-state index in [-0.39, 0.29) is 22.5 Å². The summed E-state index contributed by atoms with van der Waals surface area (Å²) in [6.07, 6.45) is -1.47. The van der Waals surface area contributed by atoms with Crippen LogP contribution in [-0.2, 0) is 6.54 Å². The molecule has 0 saturated heterocycles. The van der Waals surface area contributed by atoms with Crippen LogP contribution in [0, 0.1) is 5.82 Å². The molecule has 0 radical (unpaired) electrons. The number of hydrogen-bond acceptors (Lipinski definition) is 4. The van der Waals surface area contributed by atoms with Crippen molar-refractivity contribution in [1.29, 1.82) is 0 Å². The highest BCUT2D eigenvalue weighted by molar-refractivity contribution is 6.38. The third kappa shape index (κ3) is 5.08. The Morgan fingerprint density at radius 2 is 1.67 bits per heavy atom. The molecule has 1 heterocycles. The minimum absolute atomic E-state index is 0.0990. The van der Waals surface area contributed by atoms with E-state index in [0.717, 1.165) is 0 Å². The maximum Gasteiger partial charge on any atom is 0.434 e. The standard InChI is InChI=1S/C16H12ClFN2O4.C6H5Cl2N/c1-24-9-5-6-14-10(7-9)15(21)20(16(22)23)19(14)8-11-12(17)3-2-4-13(11)18;7-4-2-1-3-5(8)6(4)9/h2-7H,8H2,1H3,(H,22,23);1-3H,9H2. The summed E-state index contributed by atoms with van der Waals surface area (Å²) in [6, 6.07) is 13.9. The van der Waals surface area contributed by atoms with Gasteiger partial charge in [0, 0.05) is 10.6 Å². The van der Waals surface area contributed by atoms with Gasteiger partial charge in [-0.1, -0.05) is 46.9 Å². The number of aromatic nitrogens is 2. The Morgan fingerprint density at radius 1 is 1.06 bits per heavy atom. The van der Waals surface area contributed by atoms with Gasteiger partial charge in [-0.05, 0) is 42.5 Å². The molecular formula is C22H17Cl3FN3O4. The average molecular weight is 513 g/mol. The molecule has 172 valence electrons. The molecule has 3 aromatic carbocycles. The third-order valence-electron chi connectivity index (χ3n) is 4.70. The summed E-state index contributed by atoms with van der Waals surface area (Å²) < 4.78 is 20.8.